The Bertz CT molecular complexity index is 334. The number of esters is 2. The lowest BCUT2D eigenvalue weighted by Crippen LogP contribution is -2.09. The van der Waals surface area contributed by atoms with Crippen molar-refractivity contribution in [2.75, 3.05) is 20.7 Å². The standard InChI is InChI=1S/C9H13O8P/c1-4-8(10)14-6-16-18(12,13-3)17-7-15-9(11)5-2/h4-5H,1-2,6-7H2,3H3. The van der Waals surface area contributed by atoms with E-state index >= 15 is 0 Å². The van der Waals surface area contributed by atoms with Gasteiger partial charge in [-0.3, -0.25) is 4.52 Å². The summed E-state index contributed by atoms with van der Waals surface area (Å²) in [6.45, 7) is 4.97. The molecule has 0 rings (SSSR count). The minimum Gasteiger partial charge on any atom is -0.435 e. The van der Waals surface area contributed by atoms with Crippen LogP contribution in [0.3, 0.4) is 0 Å². The third-order valence-electron chi connectivity index (χ3n) is 1.38. The molecule has 0 unspecified atom stereocenters. The van der Waals surface area contributed by atoms with Crippen LogP contribution in [0.2, 0.25) is 0 Å². The maximum atomic E-state index is 11.6. The van der Waals surface area contributed by atoms with Gasteiger partial charge >= 0.3 is 19.8 Å². The van der Waals surface area contributed by atoms with Crippen LogP contribution in [0.1, 0.15) is 0 Å². The molecule has 0 saturated carbocycles. The summed E-state index contributed by atoms with van der Waals surface area (Å²) < 4.78 is 34.0. The van der Waals surface area contributed by atoms with Crippen LogP contribution in [-0.2, 0) is 37.2 Å². The molecule has 0 aromatic rings. The van der Waals surface area contributed by atoms with Crippen molar-refractivity contribution in [3.8, 4) is 0 Å². The Morgan fingerprint density at radius 3 is 1.72 bits per heavy atom. The average Bonchev–Trinajstić information content (AvgIpc) is 2.38. The molecule has 0 amide bonds. The van der Waals surface area contributed by atoms with Crippen molar-refractivity contribution < 1.29 is 37.2 Å². The van der Waals surface area contributed by atoms with Crippen molar-refractivity contribution in [1.29, 1.82) is 0 Å². The molecular weight excluding hydrogens is 267 g/mol. The molecule has 8 nitrogen and oxygen atoms in total. The van der Waals surface area contributed by atoms with Crippen LogP contribution >= 0.6 is 7.82 Å². The highest BCUT2D eigenvalue weighted by Gasteiger charge is 2.26. The number of phosphoric acid groups is 1. The number of ether oxygens (including phenoxy) is 2. The normalized spacial score (nSPS) is 10.5. The molecule has 102 valence electrons. The molecule has 0 aromatic heterocycles. The van der Waals surface area contributed by atoms with Gasteiger partial charge in [-0.05, 0) is 0 Å². The van der Waals surface area contributed by atoms with Crippen LogP contribution in [-0.4, -0.2) is 32.6 Å². The smallest absolute Gasteiger partial charge is 0.435 e. The Balaban J connectivity index is 4.06. The molecule has 0 radical (unpaired) electrons. The summed E-state index contributed by atoms with van der Waals surface area (Å²) in [6.07, 6.45) is 1.79. The topological polar surface area (TPSA) is 97.4 Å². The van der Waals surface area contributed by atoms with Gasteiger partial charge in [0.25, 0.3) is 0 Å². The van der Waals surface area contributed by atoms with Gasteiger partial charge in [0.2, 0.25) is 13.6 Å². The Hall–Kier alpha value is -1.47. The highest BCUT2D eigenvalue weighted by molar-refractivity contribution is 7.48. The summed E-state index contributed by atoms with van der Waals surface area (Å²) in [5, 5.41) is 0. The van der Waals surface area contributed by atoms with E-state index in [9.17, 15) is 14.2 Å². The Kier molecular flexibility index (Phi) is 7.89. The highest BCUT2D eigenvalue weighted by Crippen LogP contribution is 2.48. The SMILES string of the molecule is C=CC(=O)OCOP(=O)(OC)OCOC(=O)C=C. The monoisotopic (exact) mass is 280 g/mol. The van der Waals surface area contributed by atoms with Gasteiger partial charge in [-0.1, -0.05) is 13.2 Å². The number of hydrogen-bond donors (Lipinski definition) is 0. The summed E-state index contributed by atoms with van der Waals surface area (Å²) in [6, 6.07) is 0. The van der Waals surface area contributed by atoms with E-state index in [1.54, 1.807) is 0 Å². The molecule has 0 aromatic carbocycles. The van der Waals surface area contributed by atoms with Crippen molar-refractivity contribution >= 4 is 19.8 Å². The van der Waals surface area contributed by atoms with Crippen molar-refractivity contribution in [1.82, 2.24) is 0 Å². The van der Waals surface area contributed by atoms with E-state index in [0.29, 0.717) is 0 Å². The predicted molar refractivity (Wildman–Crippen MR) is 59.1 cm³/mol. The fraction of sp³-hybridized carbons (Fsp3) is 0.333. The van der Waals surface area contributed by atoms with Crippen molar-refractivity contribution in [3.63, 3.8) is 0 Å². The van der Waals surface area contributed by atoms with E-state index in [-0.39, 0.29) is 0 Å². The lowest BCUT2D eigenvalue weighted by Gasteiger charge is -2.14. The fourth-order valence-electron chi connectivity index (χ4n) is 0.558. The van der Waals surface area contributed by atoms with Gasteiger partial charge in [-0.2, -0.15) is 0 Å². The molecule has 0 heterocycles. The molecular formula is C9H13O8P. The molecule has 0 bridgehead atoms. The molecule has 0 fully saturated rings. The van der Waals surface area contributed by atoms with Crippen LogP contribution in [0, 0.1) is 0 Å². The van der Waals surface area contributed by atoms with Gasteiger partial charge in [0.1, 0.15) is 0 Å². The third kappa shape index (κ3) is 6.97. The largest absolute Gasteiger partial charge is 0.480 e. The minimum atomic E-state index is -3.96. The summed E-state index contributed by atoms with van der Waals surface area (Å²) >= 11 is 0. The Morgan fingerprint density at radius 1 is 1.06 bits per heavy atom. The number of rotatable bonds is 9. The summed E-state index contributed by atoms with van der Waals surface area (Å²) in [4.78, 5) is 21.3. The summed E-state index contributed by atoms with van der Waals surface area (Å²) in [7, 11) is -2.91. The van der Waals surface area contributed by atoms with Crippen molar-refractivity contribution in [2.24, 2.45) is 0 Å². The molecule has 0 aliphatic rings. The zero-order chi connectivity index (χ0) is 14.0. The first kappa shape index (κ1) is 16.5. The lowest BCUT2D eigenvalue weighted by atomic mass is 10.7. The van der Waals surface area contributed by atoms with E-state index in [1.165, 1.54) is 0 Å². The Labute approximate surface area is 104 Å². The Morgan fingerprint density at radius 2 is 1.44 bits per heavy atom. The van der Waals surface area contributed by atoms with Gasteiger partial charge in [-0.25, -0.2) is 23.2 Å². The van der Waals surface area contributed by atoms with Crippen LogP contribution in [0.4, 0.5) is 0 Å². The van der Waals surface area contributed by atoms with Crippen LogP contribution in [0.15, 0.2) is 25.3 Å². The lowest BCUT2D eigenvalue weighted by molar-refractivity contribution is -0.147. The zero-order valence-electron chi connectivity index (χ0n) is 9.70. The van der Waals surface area contributed by atoms with Gasteiger partial charge in [-0.15, -0.1) is 0 Å². The molecule has 0 aliphatic carbocycles. The van der Waals surface area contributed by atoms with Gasteiger partial charge in [0, 0.05) is 19.3 Å². The average molecular weight is 280 g/mol. The van der Waals surface area contributed by atoms with Gasteiger partial charge in [0.05, 0.1) is 0 Å². The van der Waals surface area contributed by atoms with Gasteiger partial charge < -0.3 is 9.47 Å². The summed E-state index contributed by atoms with van der Waals surface area (Å²) in [5.74, 6) is -1.54. The first-order valence-corrected chi connectivity index (χ1v) is 5.96. The molecule has 0 saturated heterocycles. The van der Waals surface area contributed by atoms with Crippen molar-refractivity contribution in [2.45, 2.75) is 0 Å². The highest BCUT2D eigenvalue weighted by atomic mass is 31.2. The van der Waals surface area contributed by atoms with Crippen molar-refractivity contribution in [3.05, 3.63) is 25.3 Å². The molecule has 0 N–H and O–H groups in total. The second kappa shape index (κ2) is 8.60. The zero-order valence-corrected chi connectivity index (χ0v) is 10.6. The van der Waals surface area contributed by atoms with E-state index in [2.05, 4.69) is 36.2 Å². The molecule has 0 atom stereocenters. The van der Waals surface area contributed by atoms with E-state index in [0.717, 1.165) is 19.3 Å². The second-order valence-electron chi connectivity index (χ2n) is 2.46. The number of hydrogen-bond acceptors (Lipinski definition) is 8. The first-order valence-electron chi connectivity index (χ1n) is 4.50. The quantitative estimate of drug-likeness (QED) is 0.268. The predicted octanol–water partition coefficient (Wildman–Crippen LogP) is 1.15. The maximum absolute atomic E-state index is 11.6. The maximum Gasteiger partial charge on any atom is 0.480 e. The molecule has 0 spiro atoms. The molecule has 0 aliphatic heterocycles. The van der Waals surface area contributed by atoms with Crippen LogP contribution in [0.25, 0.3) is 0 Å². The van der Waals surface area contributed by atoms with Crippen LogP contribution in [0.5, 0.6) is 0 Å². The second-order valence-corrected chi connectivity index (χ2v) is 4.23. The first-order chi connectivity index (χ1) is 8.47. The molecule has 9 heteroatoms. The van der Waals surface area contributed by atoms with E-state index < -0.39 is 33.3 Å². The minimum absolute atomic E-state index is 0.661. The number of carbonyl (C=O) groups is 2. The fourth-order valence-corrected chi connectivity index (χ4v) is 1.21. The number of carbonyl (C=O) groups excluding carboxylic acids is 2. The molecule has 18 heavy (non-hydrogen) atoms. The van der Waals surface area contributed by atoms with Gasteiger partial charge in [0.15, 0.2) is 0 Å². The van der Waals surface area contributed by atoms with E-state index in [4.69, 9.17) is 0 Å². The summed E-state index contributed by atoms with van der Waals surface area (Å²) in [5.41, 5.74) is 0. The third-order valence-corrected chi connectivity index (χ3v) is 2.67. The number of phosphoric ester groups is 1. The van der Waals surface area contributed by atoms with Crippen LogP contribution < -0.4 is 0 Å². The van der Waals surface area contributed by atoms with E-state index in [1.807, 2.05) is 0 Å².